The Kier molecular flexibility index (Phi) is 6.80. The minimum absolute atomic E-state index is 0.0360. The highest BCUT2D eigenvalue weighted by Gasteiger charge is 2.32. The van der Waals surface area contributed by atoms with E-state index in [1.165, 1.54) is 0 Å². The lowest BCUT2D eigenvalue weighted by molar-refractivity contribution is -0.137. The van der Waals surface area contributed by atoms with Crippen LogP contribution in [-0.4, -0.2) is 17.9 Å². The minimum Gasteiger partial charge on any atom is -0.323 e. The summed E-state index contributed by atoms with van der Waals surface area (Å²) in [6.07, 6.45) is -4.53. The van der Waals surface area contributed by atoms with Gasteiger partial charge in [0, 0.05) is 6.54 Å². The van der Waals surface area contributed by atoms with Gasteiger partial charge in [-0.3, -0.25) is 9.69 Å². The number of rotatable bonds is 6. The quantitative estimate of drug-likeness (QED) is 0.505. The third-order valence-corrected chi connectivity index (χ3v) is 4.96. The number of benzene rings is 3. The fraction of sp³-hybridized carbons (Fsp3) is 0.174. The number of carbonyl (C=O) groups is 1. The van der Waals surface area contributed by atoms with E-state index in [4.69, 9.17) is 11.6 Å². The van der Waals surface area contributed by atoms with E-state index in [2.05, 4.69) is 5.32 Å². The van der Waals surface area contributed by atoms with Crippen LogP contribution in [0.3, 0.4) is 0 Å². The number of anilines is 1. The van der Waals surface area contributed by atoms with Crippen molar-refractivity contribution in [3.63, 3.8) is 0 Å². The molecular formula is C23H20ClF3N2O. The van der Waals surface area contributed by atoms with Gasteiger partial charge in [0.1, 0.15) is 6.04 Å². The summed E-state index contributed by atoms with van der Waals surface area (Å²) in [7, 11) is 1.79. The number of alkyl halides is 3. The molecule has 0 saturated heterocycles. The number of amides is 1. The first-order valence-electron chi connectivity index (χ1n) is 9.22. The van der Waals surface area contributed by atoms with Gasteiger partial charge in [-0.1, -0.05) is 72.3 Å². The molecule has 0 aliphatic carbocycles. The molecule has 0 fully saturated rings. The van der Waals surface area contributed by atoms with Crippen molar-refractivity contribution in [2.75, 3.05) is 12.4 Å². The zero-order valence-corrected chi connectivity index (χ0v) is 16.9. The number of hydrogen-bond acceptors (Lipinski definition) is 2. The molecule has 3 aromatic rings. The van der Waals surface area contributed by atoms with Gasteiger partial charge in [-0.2, -0.15) is 13.2 Å². The van der Waals surface area contributed by atoms with E-state index in [1.54, 1.807) is 19.2 Å². The average Bonchev–Trinajstić information content (AvgIpc) is 2.70. The zero-order chi connectivity index (χ0) is 21.7. The normalized spacial score (nSPS) is 12.6. The van der Waals surface area contributed by atoms with Gasteiger partial charge in [0.05, 0.1) is 16.3 Å². The number of hydrogen-bond donors (Lipinski definition) is 1. The van der Waals surface area contributed by atoms with Gasteiger partial charge >= 0.3 is 6.18 Å². The highest BCUT2D eigenvalue weighted by molar-refractivity contribution is 6.33. The van der Waals surface area contributed by atoms with Crippen molar-refractivity contribution in [3.05, 3.63) is 101 Å². The van der Waals surface area contributed by atoms with Crippen molar-refractivity contribution in [3.8, 4) is 0 Å². The van der Waals surface area contributed by atoms with Crippen molar-refractivity contribution in [2.45, 2.75) is 18.8 Å². The average molecular weight is 433 g/mol. The molecule has 0 aromatic heterocycles. The van der Waals surface area contributed by atoms with Crippen LogP contribution in [0.15, 0.2) is 78.9 Å². The van der Waals surface area contributed by atoms with E-state index in [0.29, 0.717) is 6.54 Å². The first kappa shape index (κ1) is 21.9. The molecule has 0 aliphatic heterocycles. The van der Waals surface area contributed by atoms with E-state index in [9.17, 15) is 18.0 Å². The predicted molar refractivity (Wildman–Crippen MR) is 112 cm³/mol. The molecule has 0 radical (unpaired) electrons. The zero-order valence-electron chi connectivity index (χ0n) is 16.2. The van der Waals surface area contributed by atoms with Crippen molar-refractivity contribution >= 4 is 23.2 Å². The Labute approximate surface area is 178 Å². The van der Waals surface area contributed by atoms with E-state index in [0.717, 1.165) is 29.3 Å². The van der Waals surface area contributed by atoms with Crippen LogP contribution < -0.4 is 5.32 Å². The second-order valence-corrected chi connectivity index (χ2v) is 7.30. The standard InChI is InChI=1S/C23H20ClF3N2O/c1-29(15-16-8-4-2-5-9-16)21(17-10-6-3-7-11-17)22(30)28-20-14-18(23(25,26)27)12-13-19(20)24/h2-14,21H,15H2,1H3,(H,28,30)/t21-/m1/s1. The summed E-state index contributed by atoms with van der Waals surface area (Å²) < 4.78 is 39.2. The Morgan fingerprint density at radius 2 is 1.60 bits per heavy atom. The fourth-order valence-corrected chi connectivity index (χ4v) is 3.37. The van der Waals surface area contributed by atoms with Gasteiger partial charge in [-0.25, -0.2) is 0 Å². The molecule has 1 amide bonds. The number of halogens is 4. The summed E-state index contributed by atoms with van der Waals surface area (Å²) in [5.41, 5.74) is 0.768. The van der Waals surface area contributed by atoms with Crippen LogP contribution in [0.25, 0.3) is 0 Å². The molecule has 1 N–H and O–H groups in total. The fourth-order valence-electron chi connectivity index (χ4n) is 3.20. The van der Waals surface area contributed by atoms with Gasteiger partial charge < -0.3 is 5.32 Å². The SMILES string of the molecule is CN(Cc1ccccc1)[C@@H](C(=O)Nc1cc(C(F)(F)F)ccc1Cl)c1ccccc1. The maximum atomic E-state index is 13.2. The van der Waals surface area contributed by atoms with E-state index >= 15 is 0 Å². The second kappa shape index (κ2) is 9.32. The molecule has 1 atom stereocenters. The lowest BCUT2D eigenvalue weighted by Gasteiger charge is -2.28. The van der Waals surface area contributed by atoms with Crippen molar-refractivity contribution in [1.29, 1.82) is 0 Å². The third-order valence-electron chi connectivity index (χ3n) is 4.63. The Hall–Kier alpha value is -2.83. The second-order valence-electron chi connectivity index (χ2n) is 6.90. The van der Waals surface area contributed by atoms with Crippen LogP contribution in [0.5, 0.6) is 0 Å². The summed E-state index contributed by atoms with van der Waals surface area (Å²) in [5.74, 6) is -0.471. The Morgan fingerprint density at radius 1 is 1.00 bits per heavy atom. The first-order valence-corrected chi connectivity index (χ1v) is 9.60. The first-order chi connectivity index (χ1) is 14.3. The summed E-state index contributed by atoms with van der Waals surface area (Å²) in [5, 5.41) is 2.61. The van der Waals surface area contributed by atoms with Gasteiger partial charge in [0.25, 0.3) is 0 Å². The molecule has 7 heteroatoms. The molecule has 0 bridgehead atoms. The molecule has 3 nitrogen and oxygen atoms in total. The van der Waals surface area contributed by atoms with E-state index in [-0.39, 0.29) is 10.7 Å². The molecule has 3 rings (SSSR count). The van der Waals surface area contributed by atoms with Gasteiger partial charge in [-0.05, 0) is 36.4 Å². The molecule has 30 heavy (non-hydrogen) atoms. The summed E-state index contributed by atoms with van der Waals surface area (Å²) in [4.78, 5) is 15.0. The minimum atomic E-state index is -4.53. The van der Waals surface area contributed by atoms with Crippen molar-refractivity contribution in [1.82, 2.24) is 4.90 Å². The molecular weight excluding hydrogens is 413 g/mol. The molecule has 156 valence electrons. The predicted octanol–water partition coefficient (Wildman–Crippen LogP) is 6.17. The van der Waals surface area contributed by atoms with Gasteiger partial charge in [-0.15, -0.1) is 0 Å². The van der Waals surface area contributed by atoms with Crippen LogP contribution in [0.4, 0.5) is 18.9 Å². The molecule has 3 aromatic carbocycles. The molecule has 0 unspecified atom stereocenters. The number of carbonyl (C=O) groups excluding carboxylic acids is 1. The smallest absolute Gasteiger partial charge is 0.323 e. The highest BCUT2D eigenvalue weighted by atomic mass is 35.5. The topological polar surface area (TPSA) is 32.3 Å². The van der Waals surface area contributed by atoms with Crippen LogP contribution in [-0.2, 0) is 17.5 Å². The highest BCUT2D eigenvalue weighted by Crippen LogP contribution is 2.34. The largest absolute Gasteiger partial charge is 0.416 e. The molecule has 0 heterocycles. The summed E-state index contributed by atoms with van der Waals surface area (Å²) in [6, 6.07) is 20.8. The van der Waals surface area contributed by atoms with E-state index in [1.807, 2.05) is 53.4 Å². The lowest BCUT2D eigenvalue weighted by Crippen LogP contribution is -2.34. The number of nitrogens with one attached hydrogen (secondary N) is 1. The maximum absolute atomic E-state index is 13.2. The van der Waals surface area contributed by atoms with E-state index < -0.39 is 23.7 Å². The van der Waals surface area contributed by atoms with Gasteiger partial charge in [0.15, 0.2) is 0 Å². The van der Waals surface area contributed by atoms with Crippen LogP contribution >= 0.6 is 11.6 Å². The molecule has 0 aliphatic rings. The summed E-state index contributed by atoms with van der Waals surface area (Å²) in [6.45, 7) is 0.476. The molecule has 0 saturated carbocycles. The van der Waals surface area contributed by atoms with Crippen LogP contribution in [0.2, 0.25) is 5.02 Å². The van der Waals surface area contributed by atoms with Crippen LogP contribution in [0, 0.1) is 0 Å². The Balaban J connectivity index is 1.90. The maximum Gasteiger partial charge on any atom is 0.416 e. The summed E-state index contributed by atoms with van der Waals surface area (Å²) >= 11 is 6.05. The monoisotopic (exact) mass is 432 g/mol. The Bertz CT molecular complexity index is 994. The number of likely N-dealkylation sites (N-methyl/N-ethyl adjacent to an activating group) is 1. The third kappa shape index (κ3) is 5.40. The van der Waals surface area contributed by atoms with Crippen molar-refractivity contribution in [2.24, 2.45) is 0 Å². The Morgan fingerprint density at radius 3 is 2.20 bits per heavy atom. The van der Waals surface area contributed by atoms with Crippen LogP contribution in [0.1, 0.15) is 22.7 Å². The van der Waals surface area contributed by atoms with Crippen molar-refractivity contribution < 1.29 is 18.0 Å². The van der Waals surface area contributed by atoms with Gasteiger partial charge in [0.2, 0.25) is 5.91 Å². The lowest BCUT2D eigenvalue weighted by atomic mass is 10.0. The number of nitrogens with zero attached hydrogens (tertiary/aromatic N) is 1. The molecule has 0 spiro atoms.